The van der Waals surface area contributed by atoms with Crippen LogP contribution in [0.3, 0.4) is 0 Å². The SMILES string of the molecule is CCn1ccnc1SCc1nc(-c2ccc(OC)c(OC)c2)no1. The van der Waals surface area contributed by atoms with Gasteiger partial charge in [0.2, 0.25) is 11.7 Å². The van der Waals surface area contributed by atoms with Crippen LogP contribution >= 0.6 is 11.8 Å². The van der Waals surface area contributed by atoms with E-state index in [1.165, 1.54) is 0 Å². The molecule has 24 heavy (non-hydrogen) atoms. The summed E-state index contributed by atoms with van der Waals surface area (Å²) in [5, 5.41) is 4.97. The number of aromatic nitrogens is 4. The number of ether oxygens (including phenoxy) is 2. The fraction of sp³-hybridized carbons (Fsp3) is 0.312. The Morgan fingerprint density at radius 3 is 2.79 bits per heavy atom. The number of methoxy groups -OCH3 is 2. The highest BCUT2D eigenvalue weighted by Gasteiger charge is 2.13. The molecule has 7 nitrogen and oxygen atoms in total. The number of hydrogen-bond donors (Lipinski definition) is 0. The Hall–Kier alpha value is -2.48. The molecular weight excluding hydrogens is 328 g/mol. The van der Waals surface area contributed by atoms with Gasteiger partial charge in [-0.1, -0.05) is 16.9 Å². The van der Waals surface area contributed by atoms with Crippen LogP contribution < -0.4 is 9.47 Å². The van der Waals surface area contributed by atoms with Crippen LogP contribution in [0, 0.1) is 0 Å². The lowest BCUT2D eigenvalue weighted by molar-refractivity contribution is 0.355. The van der Waals surface area contributed by atoms with Gasteiger partial charge in [0, 0.05) is 24.5 Å². The molecular formula is C16H18N4O3S. The van der Waals surface area contributed by atoms with Gasteiger partial charge in [0.1, 0.15) is 0 Å². The van der Waals surface area contributed by atoms with Gasteiger partial charge in [-0.05, 0) is 25.1 Å². The molecule has 8 heteroatoms. The van der Waals surface area contributed by atoms with E-state index in [2.05, 4.69) is 26.6 Å². The molecule has 126 valence electrons. The van der Waals surface area contributed by atoms with Gasteiger partial charge in [-0.2, -0.15) is 4.98 Å². The Labute approximate surface area is 144 Å². The van der Waals surface area contributed by atoms with Crippen LogP contribution in [0.15, 0.2) is 40.3 Å². The first-order valence-corrected chi connectivity index (χ1v) is 8.42. The number of thioether (sulfide) groups is 1. The molecule has 2 heterocycles. The summed E-state index contributed by atoms with van der Waals surface area (Å²) in [6.07, 6.45) is 3.74. The molecule has 0 aliphatic heterocycles. The van der Waals surface area contributed by atoms with Crippen LogP contribution in [0.1, 0.15) is 12.8 Å². The lowest BCUT2D eigenvalue weighted by Gasteiger charge is -2.07. The van der Waals surface area contributed by atoms with Gasteiger partial charge in [0.25, 0.3) is 0 Å². The van der Waals surface area contributed by atoms with Crippen molar-refractivity contribution in [3.63, 3.8) is 0 Å². The zero-order chi connectivity index (χ0) is 16.9. The zero-order valence-electron chi connectivity index (χ0n) is 13.7. The highest BCUT2D eigenvalue weighted by molar-refractivity contribution is 7.98. The van der Waals surface area contributed by atoms with E-state index in [1.54, 1.807) is 32.2 Å². The third-order valence-corrected chi connectivity index (χ3v) is 4.44. The van der Waals surface area contributed by atoms with Gasteiger partial charge in [-0.15, -0.1) is 0 Å². The largest absolute Gasteiger partial charge is 0.493 e. The van der Waals surface area contributed by atoms with E-state index in [0.29, 0.717) is 29.0 Å². The second kappa shape index (κ2) is 7.39. The second-order valence-electron chi connectivity index (χ2n) is 4.87. The Kier molecular flexibility index (Phi) is 5.05. The van der Waals surface area contributed by atoms with Crippen molar-refractivity contribution in [2.75, 3.05) is 14.2 Å². The molecule has 0 amide bonds. The van der Waals surface area contributed by atoms with Crippen LogP contribution in [0.25, 0.3) is 11.4 Å². The number of imidazole rings is 1. The molecule has 0 bridgehead atoms. The van der Waals surface area contributed by atoms with Crippen molar-refractivity contribution >= 4 is 11.8 Å². The van der Waals surface area contributed by atoms with Crippen LogP contribution in [0.2, 0.25) is 0 Å². The standard InChI is InChI=1S/C16H18N4O3S/c1-4-20-8-7-17-16(20)24-10-14-18-15(19-23-14)11-5-6-12(21-2)13(9-11)22-3/h5-9H,4,10H2,1-3H3. The molecule has 0 unspecified atom stereocenters. The Balaban J connectivity index is 1.73. The molecule has 3 rings (SSSR count). The predicted octanol–water partition coefficient (Wildman–Crippen LogP) is 3.26. The molecule has 2 aromatic heterocycles. The molecule has 0 aliphatic rings. The Morgan fingerprint density at radius 2 is 2.04 bits per heavy atom. The van der Waals surface area contributed by atoms with Gasteiger partial charge < -0.3 is 18.6 Å². The van der Waals surface area contributed by atoms with Crippen molar-refractivity contribution in [2.24, 2.45) is 0 Å². The maximum Gasteiger partial charge on any atom is 0.237 e. The van der Waals surface area contributed by atoms with Gasteiger partial charge >= 0.3 is 0 Å². The van der Waals surface area contributed by atoms with E-state index < -0.39 is 0 Å². The van der Waals surface area contributed by atoms with E-state index >= 15 is 0 Å². The Bertz CT molecular complexity index is 815. The minimum atomic E-state index is 0.519. The molecule has 0 atom stereocenters. The third-order valence-electron chi connectivity index (χ3n) is 3.45. The average molecular weight is 346 g/mol. The summed E-state index contributed by atoms with van der Waals surface area (Å²) < 4.78 is 17.9. The third kappa shape index (κ3) is 3.38. The fourth-order valence-electron chi connectivity index (χ4n) is 2.21. The molecule has 0 spiro atoms. The lowest BCUT2D eigenvalue weighted by atomic mass is 10.2. The average Bonchev–Trinajstić information content (AvgIpc) is 3.28. The van der Waals surface area contributed by atoms with Gasteiger partial charge in [-0.3, -0.25) is 0 Å². The first-order valence-electron chi connectivity index (χ1n) is 7.44. The van der Waals surface area contributed by atoms with E-state index in [9.17, 15) is 0 Å². The summed E-state index contributed by atoms with van der Waals surface area (Å²) in [6, 6.07) is 5.51. The summed E-state index contributed by atoms with van der Waals surface area (Å²) in [7, 11) is 3.19. The molecule has 0 fully saturated rings. The predicted molar refractivity (Wildman–Crippen MR) is 90.3 cm³/mol. The molecule has 0 aliphatic carbocycles. The highest BCUT2D eigenvalue weighted by atomic mass is 32.2. The van der Waals surface area contributed by atoms with E-state index in [1.807, 2.05) is 24.4 Å². The van der Waals surface area contributed by atoms with Gasteiger partial charge in [0.05, 0.1) is 20.0 Å². The van der Waals surface area contributed by atoms with Gasteiger partial charge in [0.15, 0.2) is 16.7 Å². The number of aryl methyl sites for hydroxylation is 1. The fourth-order valence-corrected chi connectivity index (χ4v) is 3.07. The molecule has 0 N–H and O–H groups in total. The van der Waals surface area contributed by atoms with Crippen molar-refractivity contribution in [2.45, 2.75) is 24.4 Å². The van der Waals surface area contributed by atoms with Crippen LogP contribution in [0.5, 0.6) is 11.5 Å². The smallest absolute Gasteiger partial charge is 0.237 e. The number of nitrogens with zero attached hydrogens (tertiary/aromatic N) is 4. The first-order chi connectivity index (χ1) is 11.7. The summed E-state index contributed by atoms with van der Waals surface area (Å²) >= 11 is 1.56. The summed E-state index contributed by atoms with van der Waals surface area (Å²) in [5.74, 6) is 2.92. The second-order valence-corrected chi connectivity index (χ2v) is 5.81. The van der Waals surface area contributed by atoms with Crippen LogP contribution in [0.4, 0.5) is 0 Å². The minimum absolute atomic E-state index is 0.519. The van der Waals surface area contributed by atoms with Crippen molar-refractivity contribution in [3.8, 4) is 22.9 Å². The van der Waals surface area contributed by atoms with Gasteiger partial charge in [-0.25, -0.2) is 4.98 Å². The lowest BCUT2D eigenvalue weighted by Crippen LogP contribution is -1.95. The Morgan fingerprint density at radius 1 is 1.21 bits per heavy atom. The van der Waals surface area contributed by atoms with Crippen molar-refractivity contribution in [3.05, 3.63) is 36.5 Å². The van der Waals surface area contributed by atoms with E-state index in [-0.39, 0.29) is 0 Å². The number of hydrogen-bond acceptors (Lipinski definition) is 7. The summed E-state index contributed by atoms with van der Waals surface area (Å²) in [6.45, 7) is 2.96. The quantitative estimate of drug-likeness (QED) is 0.608. The van der Waals surface area contributed by atoms with E-state index in [0.717, 1.165) is 17.3 Å². The topological polar surface area (TPSA) is 75.2 Å². The molecule has 1 aromatic carbocycles. The highest BCUT2D eigenvalue weighted by Crippen LogP contribution is 2.31. The van der Waals surface area contributed by atoms with Crippen molar-refractivity contribution in [1.29, 1.82) is 0 Å². The van der Waals surface area contributed by atoms with Crippen molar-refractivity contribution < 1.29 is 14.0 Å². The van der Waals surface area contributed by atoms with Crippen LogP contribution in [-0.2, 0) is 12.3 Å². The summed E-state index contributed by atoms with van der Waals surface area (Å²) in [4.78, 5) is 8.75. The number of rotatable bonds is 7. The van der Waals surface area contributed by atoms with Crippen LogP contribution in [-0.4, -0.2) is 33.9 Å². The maximum absolute atomic E-state index is 5.33. The molecule has 3 aromatic rings. The molecule has 0 saturated heterocycles. The minimum Gasteiger partial charge on any atom is -0.493 e. The van der Waals surface area contributed by atoms with Crippen molar-refractivity contribution in [1.82, 2.24) is 19.7 Å². The molecule has 0 radical (unpaired) electrons. The van der Waals surface area contributed by atoms with E-state index in [4.69, 9.17) is 14.0 Å². The normalized spacial score (nSPS) is 10.8. The molecule has 0 saturated carbocycles. The monoisotopic (exact) mass is 346 g/mol. The maximum atomic E-state index is 5.33. The summed E-state index contributed by atoms with van der Waals surface area (Å²) in [5.41, 5.74) is 0.808. The number of benzene rings is 1. The first kappa shape index (κ1) is 16.4. The zero-order valence-corrected chi connectivity index (χ0v) is 14.5.